The lowest BCUT2D eigenvalue weighted by Gasteiger charge is -2.12. The zero-order valence-corrected chi connectivity index (χ0v) is 12.0. The van der Waals surface area contributed by atoms with Crippen molar-refractivity contribution in [3.8, 4) is 5.75 Å². The van der Waals surface area contributed by atoms with Crippen molar-refractivity contribution >= 4 is 13.8 Å². The van der Waals surface area contributed by atoms with E-state index in [1.165, 1.54) is 0 Å². The van der Waals surface area contributed by atoms with Crippen molar-refractivity contribution in [3.63, 3.8) is 0 Å². The van der Waals surface area contributed by atoms with Crippen LogP contribution in [0.25, 0.3) is 5.57 Å². The van der Waals surface area contributed by atoms with Gasteiger partial charge in [0.2, 0.25) is 0 Å². The van der Waals surface area contributed by atoms with Crippen LogP contribution in [0.1, 0.15) is 18.9 Å². The van der Waals surface area contributed by atoms with Crippen molar-refractivity contribution in [2.24, 2.45) is 0 Å². The van der Waals surface area contributed by atoms with Gasteiger partial charge in [-0.05, 0) is 30.2 Å². The second-order valence-electron chi connectivity index (χ2n) is 3.57. The average molecular weight is 262 g/mol. The van der Waals surface area contributed by atoms with Gasteiger partial charge in [-0.3, -0.25) is 0 Å². The van der Waals surface area contributed by atoms with Crippen LogP contribution in [0.4, 0.5) is 0 Å². The van der Waals surface area contributed by atoms with E-state index < -0.39 is 0 Å². The standard InChI is InChI=1S/C15H19O2P/c1-5-7-8-14(16-3)12(6-2)13-11-18-10-9-15(13)17-4/h6-11H,2,5H2,1,3-4H3/b8-7-,14-12-. The van der Waals surface area contributed by atoms with Crippen LogP contribution in [-0.4, -0.2) is 14.2 Å². The second-order valence-corrected chi connectivity index (χ2v) is 4.43. The van der Waals surface area contributed by atoms with Crippen molar-refractivity contribution in [1.29, 1.82) is 0 Å². The molecule has 1 aromatic heterocycles. The second kappa shape index (κ2) is 7.73. The molecule has 2 nitrogen and oxygen atoms in total. The van der Waals surface area contributed by atoms with Gasteiger partial charge in [-0.1, -0.05) is 33.8 Å². The predicted molar refractivity (Wildman–Crippen MR) is 79.1 cm³/mol. The largest absolute Gasteiger partial charge is 0.496 e. The molecule has 0 radical (unpaired) electrons. The molecular weight excluding hydrogens is 243 g/mol. The zero-order chi connectivity index (χ0) is 13.4. The number of hydrogen-bond acceptors (Lipinski definition) is 2. The van der Waals surface area contributed by atoms with Gasteiger partial charge in [-0.25, -0.2) is 0 Å². The summed E-state index contributed by atoms with van der Waals surface area (Å²) >= 11 is 0. The van der Waals surface area contributed by atoms with E-state index in [-0.39, 0.29) is 0 Å². The Labute approximate surface area is 111 Å². The van der Waals surface area contributed by atoms with Gasteiger partial charge >= 0.3 is 0 Å². The van der Waals surface area contributed by atoms with Crippen LogP contribution in [0.15, 0.2) is 48.2 Å². The maximum Gasteiger partial charge on any atom is 0.127 e. The van der Waals surface area contributed by atoms with E-state index in [9.17, 15) is 0 Å². The molecular formula is C15H19O2P. The van der Waals surface area contributed by atoms with Crippen molar-refractivity contribution in [2.45, 2.75) is 13.3 Å². The van der Waals surface area contributed by atoms with Crippen LogP contribution in [0.5, 0.6) is 5.75 Å². The van der Waals surface area contributed by atoms with E-state index in [1.807, 2.05) is 17.9 Å². The molecule has 18 heavy (non-hydrogen) atoms. The first-order valence-electron chi connectivity index (χ1n) is 5.84. The monoisotopic (exact) mass is 262 g/mol. The molecule has 0 aliphatic carbocycles. The molecule has 0 spiro atoms. The molecule has 0 unspecified atom stereocenters. The Hall–Kier alpha value is -1.53. The van der Waals surface area contributed by atoms with Crippen LogP contribution in [0, 0.1) is 0 Å². The molecule has 1 aromatic rings. The summed E-state index contributed by atoms with van der Waals surface area (Å²) in [6.45, 7) is 5.96. The Bertz CT molecular complexity index is 461. The molecule has 0 saturated carbocycles. The molecule has 96 valence electrons. The van der Waals surface area contributed by atoms with Crippen LogP contribution in [0.2, 0.25) is 0 Å². The van der Waals surface area contributed by atoms with Gasteiger partial charge in [0, 0.05) is 11.1 Å². The summed E-state index contributed by atoms with van der Waals surface area (Å²) in [6, 6.07) is 1.97. The fraction of sp³-hybridized carbons (Fsp3) is 0.267. The van der Waals surface area contributed by atoms with E-state index in [1.54, 1.807) is 20.3 Å². The van der Waals surface area contributed by atoms with E-state index in [0.29, 0.717) is 0 Å². The minimum Gasteiger partial charge on any atom is -0.496 e. The first kappa shape index (κ1) is 14.5. The van der Waals surface area contributed by atoms with Crippen molar-refractivity contribution in [1.82, 2.24) is 0 Å². The number of ether oxygens (including phenoxy) is 2. The van der Waals surface area contributed by atoms with Gasteiger partial charge in [-0.2, -0.15) is 0 Å². The predicted octanol–water partition coefficient (Wildman–Crippen LogP) is 4.79. The first-order chi connectivity index (χ1) is 8.78. The van der Waals surface area contributed by atoms with Crippen LogP contribution >= 0.6 is 8.19 Å². The summed E-state index contributed by atoms with van der Waals surface area (Å²) in [5.41, 5.74) is 1.98. The SMILES string of the molecule is C=C/C(=C(\C=C/CC)OC)c1cpccc1OC. The Morgan fingerprint density at radius 2 is 2.22 bits per heavy atom. The lowest BCUT2D eigenvalue weighted by Crippen LogP contribution is -1.93. The topological polar surface area (TPSA) is 18.5 Å². The molecule has 1 heterocycles. The van der Waals surface area contributed by atoms with E-state index in [2.05, 4.69) is 25.4 Å². The number of rotatable bonds is 6. The Balaban J connectivity index is 3.34. The minimum atomic E-state index is 0.804. The van der Waals surface area contributed by atoms with Crippen molar-refractivity contribution < 1.29 is 9.47 Å². The molecule has 3 heteroatoms. The first-order valence-corrected chi connectivity index (χ1v) is 6.87. The van der Waals surface area contributed by atoms with Crippen LogP contribution in [-0.2, 0) is 4.74 Å². The molecule has 0 amide bonds. The zero-order valence-electron chi connectivity index (χ0n) is 11.1. The molecule has 0 atom stereocenters. The quantitative estimate of drug-likeness (QED) is 0.542. The maximum absolute atomic E-state index is 5.44. The van der Waals surface area contributed by atoms with Crippen LogP contribution < -0.4 is 4.74 Å². The van der Waals surface area contributed by atoms with Gasteiger partial charge in [0.15, 0.2) is 0 Å². The molecule has 0 aliphatic rings. The third-order valence-corrected chi connectivity index (χ3v) is 3.21. The molecule has 0 N–H and O–H groups in total. The third kappa shape index (κ3) is 3.48. The molecule has 0 fully saturated rings. The molecule has 0 saturated heterocycles. The van der Waals surface area contributed by atoms with Gasteiger partial charge in [0.05, 0.1) is 14.2 Å². The highest BCUT2D eigenvalue weighted by Gasteiger charge is 2.09. The smallest absolute Gasteiger partial charge is 0.127 e. The summed E-state index contributed by atoms with van der Waals surface area (Å²) in [5, 5.41) is 0. The number of hydrogen-bond donors (Lipinski definition) is 0. The summed E-state index contributed by atoms with van der Waals surface area (Å²) in [6.07, 6.45) is 6.81. The summed E-state index contributed by atoms with van der Waals surface area (Å²) < 4.78 is 10.8. The number of allylic oxidation sites excluding steroid dienone is 4. The summed E-state index contributed by atoms with van der Waals surface area (Å²) in [4.78, 5) is 0. The molecule has 0 aromatic carbocycles. The fourth-order valence-corrected chi connectivity index (χ4v) is 2.32. The summed E-state index contributed by atoms with van der Waals surface area (Å²) in [5.74, 6) is 5.77. The van der Waals surface area contributed by atoms with Crippen molar-refractivity contribution in [2.75, 3.05) is 14.2 Å². The number of methoxy groups -OCH3 is 2. The lowest BCUT2D eigenvalue weighted by atomic mass is 10.1. The van der Waals surface area contributed by atoms with E-state index >= 15 is 0 Å². The van der Waals surface area contributed by atoms with Crippen LogP contribution in [0.3, 0.4) is 0 Å². The molecule has 0 bridgehead atoms. The lowest BCUT2D eigenvalue weighted by molar-refractivity contribution is 0.309. The molecule has 0 aliphatic heterocycles. The Morgan fingerprint density at radius 3 is 2.78 bits per heavy atom. The maximum atomic E-state index is 5.44. The highest BCUT2D eigenvalue weighted by molar-refractivity contribution is 7.28. The summed E-state index contributed by atoms with van der Waals surface area (Å²) in [7, 11) is 4.48. The Kier molecular flexibility index (Phi) is 6.24. The van der Waals surface area contributed by atoms with Gasteiger partial charge in [-0.15, -0.1) is 0 Å². The average Bonchev–Trinajstić information content (AvgIpc) is 2.43. The highest BCUT2D eigenvalue weighted by Crippen LogP contribution is 2.32. The van der Waals surface area contributed by atoms with E-state index in [0.717, 1.165) is 37.3 Å². The van der Waals surface area contributed by atoms with Gasteiger partial charge in [0.25, 0.3) is 0 Å². The van der Waals surface area contributed by atoms with Crippen molar-refractivity contribution in [3.05, 3.63) is 53.8 Å². The Morgan fingerprint density at radius 1 is 1.44 bits per heavy atom. The third-order valence-electron chi connectivity index (χ3n) is 2.49. The minimum absolute atomic E-state index is 0.804. The molecule has 1 rings (SSSR count). The highest BCUT2D eigenvalue weighted by atomic mass is 31.0. The van der Waals surface area contributed by atoms with Gasteiger partial charge < -0.3 is 9.47 Å². The fourth-order valence-electron chi connectivity index (χ4n) is 1.60. The normalized spacial score (nSPS) is 12.6. The van der Waals surface area contributed by atoms with Gasteiger partial charge in [0.1, 0.15) is 11.5 Å². The van der Waals surface area contributed by atoms with E-state index in [4.69, 9.17) is 9.47 Å².